The molecular weight excluding hydrogens is 234 g/mol. The van der Waals surface area contributed by atoms with E-state index in [-0.39, 0.29) is 5.41 Å². The van der Waals surface area contributed by atoms with E-state index in [2.05, 4.69) is 6.92 Å². The first kappa shape index (κ1) is 12.6. The van der Waals surface area contributed by atoms with Crippen molar-refractivity contribution in [2.24, 2.45) is 40.7 Å². The van der Waals surface area contributed by atoms with Gasteiger partial charge in [-0.2, -0.15) is 0 Å². The van der Waals surface area contributed by atoms with Crippen molar-refractivity contribution >= 4 is 0 Å². The van der Waals surface area contributed by atoms with Crippen LogP contribution >= 0.6 is 0 Å². The van der Waals surface area contributed by atoms with Crippen LogP contribution in [0.1, 0.15) is 58.3 Å². The quantitative estimate of drug-likeness (QED) is 0.804. The van der Waals surface area contributed by atoms with Gasteiger partial charge in [0.1, 0.15) is 0 Å². The zero-order valence-corrected chi connectivity index (χ0v) is 12.3. The van der Waals surface area contributed by atoms with E-state index in [1.165, 1.54) is 44.9 Å². The second-order valence-corrected chi connectivity index (χ2v) is 8.32. The molecule has 2 bridgehead atoms. The topological polar surface area (TPSA) is 46.2 Å². The standard InChI is InChI=1S/C17H29NO/c1-11-5-6-16(8-11,10-18)17(19)9-12-7-15(17)14-4-2-3-13(12)14/h11-15,19H,2-10,18H2,1H3. The Balaban J connectivity index is 1.67. The van der Waals surface area contributed by atoms with Gasteiger partial charge in [-0.05, 0) is 68.1 Å². The average molecular weight is 263 g/mol. The second kappa shape index (κ2) is 3.98. The number of fused-ring (bicyclic) bond motifs is 5. The van der Waals surface area contributed by atoms with Gasteiger partial charge in [-0.1, -0.05) is 19.8 Å². The highest BCUT2D eigenvalue weighted by Gasteiger charge is 2.67. The lowest BCUT2D eigenvalue weighted by Gasteiger charge is -2.50. The lowest BCUT2D eigenvalue weighted by Crippen LogP contribution is -2.57. The van der Waals surface area contributed by atoms with Crippen LogP contribution in [0, 0.1) is 35.0 Å². The zero-order valence-electron chi connectivity index (χ0n) is 12.3. The maximum absolute atomic E-state index is 11.6. The van der Waals surface area contributed by atoms with Crippen molar-refractivity contribution in [3.05, 3.63) is 0 Å². The van der Waals surface area contributed by atoms with Gasteiger partial charge in [-0.3, -0.25) is 0 Å². The maximum Gasteiger partial charge on any atom is 0.0749 e. The molecule has 7 unspecified atom stereocenters. The first-order chi connectivity index (χ1) is 9.10. The van der Waals surface area contributed by atoms with Crippen molar-refractivity contribution in [2.75, 3.05) is 6.54 Å². The predicted octanol–water partition coefficient (Wildman–Crippen LogP) is 2.94. The van der Waals surface area contributed by atoms with E-state index in [0.29, 0.717) is 12.5 Å². The number of aliphatic hydroxyl groups is 1. The molecule has 108 valence electrons. The molecular formula is C17H29NO. The van der Waals surface area contributed by atoms with Crippen LogP contribution in [-0.4, -0.2) is 17.3 Å². The Morgan fingerprint density at radius 1 is 1.16 bits per heavy atom. The lowest BCUT2D eigenvalue weighted by molar-refractivity contribution is -0.138. The molecule has 4 rings (SSSR count). The molecule has 4 aliphatic rings. The third-order valence-corrected chi connectivity index (χ3v) is 7.65. The van der Waals surface area contributed by atoms with Gasteiger partial charge in [-0.15, -0.1) is 0 Å². The monoisotopic (exact) mass is 263 g/mol. The Labute approximate surface area is 117 Å². The van der Waals surface area contributed by atoms with Gasteiger partial charge in [-0.25, -0.2) is 0 Å². The number of hydrogen-bond acceptors (Lipinski definition) is 2. The maximum atomic E-state index is 11.6. The Bertz CT molecular complexity index is 383. The van der Waals surface area contributed by atoms with Gasteiger partial charge in [0.05, 0.1) is 5.60 Å². The summed E-state index contributed by atoms with van der Waals surface area (Å²) in [5, 5.41) is 11.6. The van der Waals surface area contributed by atoms with Gasteiger partial charge < -0.3 is 10.8 Å². The molecule has 2 nitrogen and oxygen atoms in total. The molecule has 0 heterocycles. The molecule has 4 saturated carbocycles. The summed E-state index contributed by atoms with van der Waals surface area (Å²) in [6.45, 7) is 3.04. The van der Waals surface area contributed by atoms with E-state index < -0.39 is 5.60 Å². The highest BCUT2D eigenvalue weighted by Crippen LogP contribution is 2.68. The highest BCUT2D eigenvalue weighted by atomic mass is 16.3. The van der Waals surface area contributed by atoms with E-state index in [1.54, 1.807) is 0 Å². The summed E-state index contributed by atoms with van der Waals surface area (Å²) >= 11 is 0. The highest BCUT2D eigenvalue weighted by molar-refractivity contribution is 5.17. The van der Waals surface area contributed by atoms with Crippen LogP contribution in [0.5, 0.6) is 0 Å². The molecule has 0 spiro atoms. The first-order valence-electron chi connectivity index (χ1n) is 8.52. The van der Waals surface area contributed by atoms with Crippen molar-refractivity contribution in [3.63, 3.8) is 0 Å². The Kier molecular flexibility index (Phi) is 2.65. The fourth-order valence-electron chi connectivity index (χ4n) is 6.87. The smallest absolute Gasteiger partial charge is 0.0749 e. The summed E-state index contributed by atoms with van der Waals surface area (Å²) in [7, 11) is 0. The van der Waals surface area contributed by atoms with Crippen LogP contribution in [0.15, 0.2) is 0 Å². The zero-order chi connectivity index (χ0) is 13.3. The van der Waals surface area contributed by atoms with Crippen LogP contribution in [-0.2, 0) is 0 Å². The number of nitrogens with two attached hydrogens (primary N) is 1. The number of rotatable bonds is 2. The summed E-state index contributed by atoms with van der Waals surface area (Å²) in [4.78, 5) is 0. The van der Waals surface area contributed by atoms with Crippen LogP contribution in [0.3, 0.4) is 0 Å². The lowest BCUT2D eigenvalue weighted by atomic mass is 9.59. The fourth-order valence-corrected chi connectivity index (χ4v) is 6.87. The van der Waals surface area contributed by atoms with Crippen LogP contribution < -0.4 is 5.73 Å². The first-order valence-corrected chi connectivity index (χ1v) is 8.52. The van der Waals surface area contributed by atoms with E-state index >= 15 is 0 Å². The molecule has 0 aromatic carbocycles. The van der Waals surface area contributed by atoms with E-state index in [1.807, 2.05) is 0 Å². The third-order valence-electron chi connectivity index (χ3n) is 7.65. The molecule has 0 aliphatic heterocycles. The molecule has 0 saturated heterocycles. The molecule has 19 heavy (non-hydrogen) atoms. The largest absolute Gasteiger partial charge is 0.389 e. The van der Waals surface area contributed by atoms with E-state index in [4.69, 9.17) is 5.73 Å². The van der Waals surface area contributed by atoms with Crippen LogP contribution in [0.4, 0.5) is 0 Å². The summed E-state index contributed by atoms with van der Waals surface area (Å²) in [5.74, 6) is 3.95. The molecule has 7 atom stereocenters. The fraction of sp³-hybridized carbons (Fsp3) is 1.00. The molecule has 3 N–H and O–H groups in total. The van der Waals surface area contributed by atoms with Crippen LogP contribution in [0.25, 0.3) is 0 Å². The Morgan fingerprint density at radius 3 is 2.63 bits per heavy atom. The second-order valence-electron chi connectivity index (χ2n) is 8.32. The van der Waals surface area contributed by atoms with Crippen molar-refractivity contribution in [1.29, 1.82) is 0 Å². The molecule has 2 heteroatoms. The van der Waals surface area contributed by atoms with E-state index in [9.17, 15) is 5.11 Å². The molecule has 0 radical (unpaired) electrons. The molecule has 4 fully saturated rings. The molecule has 0 aromatic heterocycles. The van der Waals surface area contributed by atoms with Crippen LogP contribution in [0.2, 0.25) is 0 Å². The van der Waals surface area contributed by atoms with Gasteiger partial charge in [0.15, 0.2) is 0 Å². The minimum absolute atomic E-state index is 0.0550. The summed E-state index contributed by atoms with van der Waals surface area (Å²) in [5.41, 5.74) is 5.85. The van der Waals surface area contributed by atoms with Crippen molar-refractivity contribution in [2.45, 2.75) is 63.9 Å². The summed E-state index contributed by atoms with van der Waals surface area (Å²) < 4.78 is 0. The van der Waals surface area contributed by atoms with Gasteiger partial charge in [0.25, 0.3) is 0 Å². The van der Waals surface area contributed by atoms with Gasteiger partial charge in [0, 0.05) is 12.0 Å². The van der Waals surface area contributed by atoms with Gasteiger partial charge >= 0.3 is 0 Å². The van der Waals surface area contributed by atoms with Crippen molar-refractivity contribution < 1.29 is 5.11 Å². The molecule has 0 amide bonds. The SMILES string of the molecule is CC1CCC(CN)(C2(O)CC3CC2C2CCCC32)C1. The Morgan fingerprint density at radius 2 is 1.95 bits per heavy atom. The van der Waals surface area contributed by atoms with Gasteiger partial charge in [0.2, 0.25) is 0 Å². The summed E-state index contributed by atoms with van der Waals surface area (Å²) in [6.07, 6.45) is 10.2. The molecule has 0 aromatic rings. The van der Waals surface area contributed by atoms with Crippen molar-refractivity contribution in [3.8, 4) is 0 Å². The normalized spacial score (nSPS) is 59.8. The summed E-state index contributed by atoms with van der Waals surface area (Å²) in [6, 6.07) is 0. The minimum Gasteiger partial charge on any atom is -0.389 e. The van der Waals surface area contributed by atoms with E-state index in [0.717, 1.165) is 30.1 Å². The van der Waals surface area contributed by atoms with Crippen molar-refractivity contribution in [1.82, 2.24) is 0 Å². The third kappa shape index (κ3) is 1.45. The molecule has 4 aliphatic carbocycles. The minimum atomic E-state index is -0.414. The number of hydrogen-bond donors (Lipinski definition) is 2. The predicted molar refractivity (Wildman–Crippen MR) is 76.5 cm³/mol. The average Bonchev–Trinajstić information content (AvgIpc) is 3.08. The Hall–Kier alpha value is -0.0800.